The molecule has 1 atom stereocenters. The lowest BCUT2D eigenvalue weighted by Gasteiger charge is -2.11. The highest BCUT2D eigenvalue weighted by Crippen LogP contribution is 2.37. The van der Waals surface area contributed by atoms with Crippen LogP contribution in [-0.2, 0) is 11.2 Å². The molecule has 0 aromatic heterocycles. The van der Waals surface area contributed by atoms with Gasteiger partial charge < -0.3 is 10.1 Å². The molecule has 3 heteroatoms. The molecule has 142 valence electrons. The van der Waals surface area contributed by atoms with Crippen LogP contribution >= 0.6 is 0 Å². The molecule has 1 N–H and O–H groups in total. The van der Waals surface area contributed by atoms with Crippen LogP contribution in [0, 0.1) is 0 Å². The number of amides is 1. The van der Waals surface area contributed by atoms with Crippen LogP contribution in [0.1, 0.15) is 42.9 Å². The summed E-state index contributed by atoms with van der Waals surface area (Å²) >= 11 is 0. The fourth-order valence-corrected chi connectivity index (χ4v) is 3.70. The van der Waals surface area contributed by atoms with Crippen molar-refractivity contribution in [3.8, 4) is 16.9 Å². The van der Waals surface area contributed by atoms with Gasteiger partial charge >= 0.3 is 0 Å². The van der Waals surface area contributed by atoms with Gasteiger partial charge in [0.15, 0.2) is 6.61 Å². The molecule has 0 heterocycles. The number of nitrogens with one attached hydrogen (secondary N) is 1. The number of fused-ring (bicyclic) bond motifs is 3. The van der Waals surface area contributed by atoms with E-state index in [1.165, 1.54) is 27.8 Å². The number of ether oxygens (including phenoxy) is 1. The summed E-state index contributed by atoms with van der Waals surface area (Å²) in [5.74, 6) is 1.09. The van der Waals surface area contributed by atoms with Crippen LogP contribution in [-0.4, -0.2) is 12.5 Å². The van der Waals surface area contributed by atoms with Gasteiger partial charge in [0.1, 0.15) is 5.75 Å². The molecule has 0 spiro atoms. The van der Waals surface area contributed by atoms with E-state index < -0.39 is 0 Å². The number of rotatable bonds is 6. The van der Waals surface area contributed by atoms with Gasteiger partial charge in [-0.2, -0.15) is 0 Å². The summed E-state index contributed by atoms with van der Waals surface area (Å²) in [4.78, 5) is 12.3. The van der Waals surface area contributed by atoms with Gasteiger partial charge in [-0.15, -0.1) is 0 Å². The Hall–Kier alpha value is -3.07. The lowest BCUT2D eigenvalue weighted by Crippen LogP contribution is -2.20. The minimum absolute atomic E-state index is 0.0000116. The molecule has 3 aromatic rings. The van der Waals surface area contributed by atoms with Crippen LogP contribution in [0.4, 0.5) is 5.69 Å². The van der Waals surface area contributed by atoms with E-state index in [0.717, 1.165) is 18.5 Å². The first-order valence-electron chi connectivity index (χ1n) is 9.88. The van der Waals surface area contributed by atoms with Crippen molar-refractivity contribution in [2.75, 3.05) is 11.9 Å². The van der Waals surface area contributed by atoms with E-state index in [9.17, 15) is 4.79 Å². The predicted octanol–water partition coefficient (Wildman–Crippen LogP) is 5.79. The Morgan fingerprint density at radius 2 is 1.75 bits per heavy atom. The predicted molar refractivity (Wildman–Crippen MR) is 114 cm³/mol. The molecular weight excluding hydrogens is 346 g/mol. The van der Waals surface area contributed by atoms with Gasteiger partial charge in [0.05, 0.1) is 0 Å². The third-order valence-electron chi connectivity index (χ3n) is 5.51. The molecule has 1 aliphatic carbocycles. The molecule has 0 fully saturated rings. The highest BCUT2D eigenvalue weighted by molar-refractivity contribution is 5.92. The molecule has 0 radical (unpaired) electrons. The van der Waals surface area contributed by atoms with Crippen molar-refractivity contribution in [3.05, 3.63) is 83.4 Å². The second kappa shape index (κ2) is 7.89. The van der Waals surface area contributed by atoms with Crippen molar-refractivity contribution < 1.29 is 9.53 Å². The topological polar surface area (TPSA) is 38.3 Å². The zero-order chi connectivity index (χ0) is 19.5. The highest BCUT2D eigenvalue weighted by atomic mass is 16.5. The third-order valence-corrected chi connectivity index (χ3v) is 5.51. The first kappa shape index (κ1) is 18.3. The summed E-state index contributed by atoms with van der Waals surface area (Å²) in [6, 6.07) is 22.6. The molecule has 0 saturated carbocycles. The van der Waals surface area contributed by atoms with Crippen LogP contribution in [0.25, 0.3) is 11.1 Å². The Bertz CT molecular complexity index is 992. The van der Waals surface area contributed by atoms with Gasteiger partial charge in [-0.25, -0.2) is 0 Å². The van der Waals surface area contributed by atoms with E-state index in [4.69, 9.17) is 4.74 Å². The fraction of sp³-hybridized carbons (Fsp3) is 0.240. The van der Waals surface area contributed by atoms with E-state index in [1.54, 1.807) is 0 Å². The zero-order valence-corrected chi connectivity index (χ0v) is 16.4. The fourth-order valence-electron chi connectivity index (χ4n) is 3.70. The SMILES string of the molecule is CC[C@H](C)c1ccc(OCC(=O)Nc2ccc3c(c2)Cc2ccccc2-3)cc1. The Morgan fingerprint density at radius 1 is 1.00 bits per heavy atom. The molecule has 4 rings (SSSR count). The highest BCUT2D eigenvalue weighted by Gasteiger charge is 2.18. The molecule has 0 aliphatic heterocycles. The quantitative estimate of drug-likeness (QED) is 0.466. The van der Waals surface area contributed by atoms with Crippen LogP contribution in [0.15, 0.2) is 66.7 Å². The second-order valence-electron chi connectivity index (χ2n) is 7.42. The van der Waals surface area contributed by atoms with Crippen LogP contribution in [0.3, 0.4) is 0 Å². The molecule has 1 amide bonds. The van der Waals surface area contributed by atoms with E-state index in [2.05, 4.69) is 67.7 Å². The van der Waals surface area contributed by atoms with Gasteiger partial charge in [-0.05, 0) is 70.8 Å². The number of anilines is 1. The average Bonchev–Trinajstić information content (AvgIpc) is 3.10. The molecule has 3 nitrogen and oxygen atoms in total. The van der Waals surface area contributed by atoms with Crippen molar-refractivity contribution in [2.45, 2.75) is 32.6 Å². The van der Waals surface area contributed by atoms with Gasteiger partial charge in [0.25, 0.3) is 5.91 Å². The molecule has 28 heavy (non-hydrogen) atoms. The third kappa shape index (κ3) is 3.79. The molecule has 3 aromatic carbocycles. The summed E-state index contributed by atoms with van der Waals surface area (Å²) in [5.41, 5.74) is 7.24. The lowest BCUT2D eigenvalue weighted by molar-refractivity contribution is -0.118. The monoisotopic (exact) mass is 371 g/mol. The number of carbonyl (C=O) groups is 1. The Morgan fingerprint density at radius 3 is 2.54 bits per heavy atom. The summed E-state index contributed by atoms with van der Waals surface area (Å²) in [7, 11) is 0. The van der Waals surface area contributed by atoms with Gasteiger partial charge in [-0.1, -0.05) is 56.3 Å². The minimum atomic E-state index is -0.151. The Labute approximate surface area is 166 Å². The number of hydrogen-bond acceptors (Lipinski definition) is 2. The Kier molecular flexibility index (Phi) is 5.16. The smallest absolute Gasteiger partial charge is 0.262 e. The van der Waals surface area contributed by atoms with Crippen LogP contribution in [0.5, 0.6) is 5.75 Å². The maximum atomic E-state index is 12.3. The van der Waals surface area contributed by atoms with Crippen molar-refractivity contribution in [1.82, 2.24) is 0 Å². The normalized spacial score (nSPS) is 12.8. The van der Waals surface area contributed by atoms with Crippen LogP contribution < -0.4 is 10.1 Å². The van der Waals surface area contributed by atoms with Gasteiger partial charge in [0.2, 0.25) is 0 Å². The summed E-state index contributed by atoms with van der Waals surface area (Å²) in [5, 5.41) is 2.94. The first-order valence-corrected chi connectivity index (χ1v) is 9.88. The maximum absolute atomic E-state index is 12.3. The van der Waals surface area contributed by atoms with Crippen molar-refractivity contribution in [1.29, 1.82) is 0 Å². The van der Waals surface area contributed by atoms with E-state index >= 15 is 0 Å². The van der Waals surface area contributed by atoms with Crippen molar-refractivity contribution in [2.24, 2.45) is 0 Å². The standard InChI is InChI=1S/C25H25NO2/c1-3-17(2)18-8-11-22(12-9-18)28-16-25(27)26-21-10-13-24-20(15-21)14-19-6-4-5-7-23(19)24/h4-13,15,17H,3,14,16H2,1-2H3,(H,26,27)/t17-/m0/s1. The second-order valence-corrected chi connectivity index (χ2v) is 7.42. The number of benzene rings is 3. The lowest BCUT2D eigenvalue weighted by atomic mass is 9.99. The molecular formula is C25H25NO2. The largest absolute Gasteiger partial charge is 0.484 e. The first-order chi connectivity index (χ1) is 13.6. The Balaban J connectivity index is 1.35. The number of hydrogen-bond donors (Lipinski definition) is 1. The molecule has 0 bridgehead atoms. The van der Waals surface area contributed by atoms with Gasteiger partial charge in [0, 0.05) is 5.69 Å². The summed E-state index contributed by atoms with van der Waals surface area (Å²) in [6.45, 7) is 4.38. The minimum Gasteiger partial charge on any atom is -0.484 e. The summed E-state index contributed by atoms with van der Waals surface area (Å²) < 4.78 is 5.64. The van der Waals surface area contributed by atoms with Crippen molar-refractivity contribution >= 4 is 11.6 Å². The van der Waals surface area contributed by atoms with E-state index in [0.29, 0.717) is 11.7 Å². The van der Waals surface area contributed by atoms with Crippen LogP contribution in [0.2, 0.25) is 0 Å². The van der Waals surface area contributed by atoms with Crippen molar-refractivity contribution in [3.63, 3.8) is 0 Å². The number of carbonyl (C=O) groups excluding carboxylic acids is 1. The molecule has 1 aliphatic rings. The van der Waals surface area contributed by atoms with E-state index in [1.807, 2.05) is 18.2 Å². The molecule has 0 saturated heterocycles. The van der Waals surface area contributed by atoms with E-state index in [-0.39, 0.29) is 12.5 Å². The average molecular weight is 371 g/mol. The zero-order valence-electron chi connectivity index (χ0n) is 16.4. The summed E-state index contributed by atoms with van der Waals surface area (Å²) in [6.07, 6.45) is 2.02. The maximum Gasteiger partial charge on any atom is 0.262 e. The van der Waals surface area contributed by atoms with Gasteiger partial charge in [-0.3, -0.25) is 4.79 Å². The molecule has 0 unspecified atom stereocenters.